The first kappa shape index (κ1) is 20.0. The average Bonchev–Trinajstić information content (AvgIpc) is 2.67. The van der Waals surface area contributed by atoms with Gasteiger partial charge < -0.3 is 5.11 Å². The smallest absolute Gasteiger partial charge is 0.328 e. The molecule has 9 nitrogen and oxygen atoms in total. The van der Waals surface area contributed by atoms with Crippen molar-refractivity contribution in [1.82, 2.24) is 14.3 Å². The fourth-order valence-corrected chi connectivity index (χ4v) is 4.87. The third-order valence-electron chi connectivity index (χ3n) is 4.90. The predicted octanol–water partition coefficient (Wildman–Crippen LogP) is 1.47. The lowest BCUT2D eigenvalue weighted by Crippen LogP contribution is -2.38. The molecule has 0 spiro atoms. The van der Waals surface area contributed by atoms with E-state index in [4.69, 9.17) is 0 Å². The number of aromatic hydroxyl groups is 1. The predicted molar refractivity (Wildman–Crippen MR) is 105 cm³/mol. The molecule has 2 aromatic rings. The third kappa shape index (κ3) is 4.07. The zero-order valence-corrected chi connectivity index (χ0v) is 16.2. The van der Waals surface area contributed by atoms with E-state index in [0.717, 1.165) is 38.3 Å². The highest BCUT2D eigenvalue weighted by molar-refractivity contribution is 7.89. The zero-order chi connectivity index (χ0) is 20.3. The van der Waals surface area contributed by atoms with Crippen molar-refractivity contribution >= 4 is 21.9 Å². The molecule has 1 fully saturated rings. The van der Waals surface area contributed by atoms with E-state index in [1.165, 1.54) is 16.4 Å². The molecule has 1 aromatic heterocycles. The number of rotatable bonds is 5. The number of aromatic amines is 2. The normalized spacial score (nSPS) is 16.1. The number of H-pyrrole nitrogens is 2. The Morgan fingerprint density at radius 1 is 1.14 bits per heavy atom. The second kappa shape index (κ2) is 8.11. The monoisotopic (exact) mass is 406 g/mol. The molecule has 10 heteroatoms. The molecule has 1 aromatic carbocycles. The van der Waals surface area contributed by atoms with E-state index >= 15 is 0 Å². The third-order valence-corrected chi connectivity index (χ3v) is 6.86. The fourth-order valence-electron chi connectivity index (χ4n) is 3.32. The van der Waals surface area contributed by atoms with Gasteiger partial charge in [-0.2, -0.15) is 4.31 Å². The maximum atomic E-state index is 13.1. The van der Waals surface area contributed by atoms with Crippen LogP contribution in [0.15, 0.2) is 43.7 Å². The van der Waals surface area contributed by atoms with Crippen LogP contribution in [0.5, 0.6) is 5.88 Å². The van der Waals surface area contributed by atoms with Gasteiger partial charge in [0.05, 0.1) is 5.69 Å². The van der Waals surface area contributed by atoms with Crippen molar-refractivity contribution in [2.24, 2.45) is 4.99 Å². The van der Waals surface area contributed by atoms with Gasteiger partial charge in [0.15, 0.2) is 0 Å². The van der Waals surface area contributed by atoms with E-state index in [2.05, 4.69) is 4.99 Å². The minimum Gasteiger partial charge on any atom is -0.494 e. The summed E-state index contributed by atoms with van der Waals surface area (Å²) in [5, 5.41) is 9.74. The number of nitrogens with one attached hydrogen (secondary N) is 2. The number of aromatic nitrogens is 2. The minimum atomic E-state index is -3.79. The highest BCUT2D eigenvalue weighted by Crippen LogP contribution is 2.31. The second-order valence-corrected chi connectivity index (χ2v) is 8.68. The van der Waals surface area contributed by atoms with Crippen LogP contribution in [0.4, 0.5) is 5.69 Å². The molecule has 0 amide bonds. The molecular weight excluding hydrogens is 384 g/mol. The number of hydrogen-bond acceptors (Lipinski definition) is 6. The molecule has 0 radical (unpaired) electrons. The summed E-state index contributed by atoms with van der Waals surface area (Å²) in [6, 6.07) is 6.14. The molecule has 3 rings (SSSR count). The van der Waals surface area contributed by atoms with Gasteiger partial charge in [-0.05, 0) is 25.0 Å². The van der Waals surface area contributed by atoms with Crippen LogP contribution in [-0.2, 0) is 10.0 Å². The average molecular weight is 406 g/mol. The van der Waals surface area contributed by atoms with Crippen LogP contribution in [0.2, 0.25) is 0 Å². The fraction of sp³-hybridized carbons (Fsp3) is 0.389. The number of sulfonamides is 1. The van der Waals surface area contributed by atoms with Gasteiger partial charge in [-0.1, -0.05) is 31.4 Å². The minimum absolute atomic E-state index is 0.0136. The zero-order valence-electron chi connectivity index (χ0n) is 15.4. The standard InChI is InChI=1S/C18H22N4O5S/c1-22(12-7-3-2-4-8-12)28(26,27)15-10-6-5-9-14(15)19-11-13-16(23)20-18(25)21-17(13)24/h5-6,9-12H,2-4,7-8H2,1H3,(H3,20,21,23,24,25). The number of hydrogen-bond donors (Lipinski definition) is 3. The van der Waals surface area contributed by atoms with E-state index in [1.54, 1.807) is 19.2 Å². The van der Waals surface area contributed by atoms with Crippen LogP contribution in [-0.4, -0.2) is 47.1 Å². The molecule has 150 valence electrons. The largest absolute Gasteiger partial charge is 0.494 e. The molecule has 0 aliphatic heterocycles. The molecule has 0 bridgehead atoms. The Morgan fingerprint density at radius 3 is 2.50 bits per heavy atom. The Kier molecular flexibility index (Phi) is 5.80. The molecule has 1 aliphatic rings. The van der Waals surface area contributed by atoms with E-state index in [0.29, 0.717) is 0 Å². The summed E-state index contributed by atoms with van der Waals surface area (Å²) in [4.78, 5) is 31.1. The molecule has 3 N–H and O–H groups in total. The summed E-state index contributed by atoms with van der Waals surface area (Å²) >= 11 is 0. The highest BCUT2D eigenvalue weighted by Gasteiger charge is 2.30. The maximum absolute atomic E-state index is 13.1. The number of benzene rings is 1. The van der Waals surface area contributed by atoms with E-state index in [-0.39, 0.29) is 22.2 Å². The summed E-state index contributed by atoms with van der Waals surface area (Å²) in [6.07, 6.45) is 5.78. The SMILES string of the molecule is CN(C1CCCCC1)S(=O)(=O)c1ccccc1N=Cc1c(O)[nH]c(=O)[nH]c1=O. The Balaban J connectivity index is 1.97. The molecule has 0 saturated heterocycles. The van der Waals surface area contributed by atoms with Gasteiger partial charge in [-0.25, -0.2) is 13.2 Å². The lowest BCUT2D eigenvalue weighted by Gasteiger charge is -2.30. The van der Waals surface area contributed by atoms with Gasteiger partial charge in [-0.15, -0.1) is 0 Å². The maximum Gasteiger partial charge on any atom is 0.328 e. The van der Waals surface area contributed by atoms with Crippen LogP contribution in [0.25, 0.3) is 0 Å². The van der Waals surface area contributed by atoms with Crippen molar-refractivity contribution in [2.45, 2.75) is 43.0 Å². The number of nitrogens with zero attached hydrogens (tertiary/aromatic N) is 2. The lowest BCUT2D eigenvalue weighted by molar-refractivity contribution is 0.286. The van der Waals surface area contributed by atoms with Gasteiger partial charge >= 0.3 is 5.69 Å². The first-order valence-corrected chi connectivity index (χ1v) is 10.4. The van der Waals surface area contributed by atoms with Crippen LogP contribution in [0, 0.1) is 0 Å². The lowest BCUT2D eigenvalue weighted by atomic mass is 9.96. The number of para-hydroxylation sites is 1. The van der Waals surface area contributed by atoms with Crippen molar-refractivity contribution in [3.8, 4) is 5.88 Å². The van der Waals surface area contributed by atoms with Crippen LogP contribution < -0.4 is 11.2 Å². The van der Waals surface area contributed by atoms with E-state index in [9.17, 15) is 23.1 Å². The van der Waals surface area contributed by atoms with Crippen molar-refractivity contribution in [1.29, 1.82) is 0 Å². The van der Waals surface area contributed by atoms with Crippen molar-refractivity contribution in [3.63, 3.8) is 0 Å². The van der Waals surface area contributed by atoms with Crippen molar-refractivity contribution < 1.29 is 13.5 Å². The molecule has 1 heterocycles. The topological polar surface area (TPSA) is 136 Å². The molecule has 1 aliphatic carbocycles. The van der Waals surface area contributed by atoms with E-state index < -0.39 is 27.2 Å². The highest BCUT2D eigenvalue weighted by atomic mass is 32.2. The first-order chi connectivity index (χ1) is 13.3. The van der Waals surface area contributed by atoms with Crippen LogP contribution in [0.1, 0.15) is 37.7 Å². The second-order valence-electron chi connectivity index (χ2n) is 6.71. The molecule has 1 saturated carbocycles. The number of aliphatic imine (C=N–C) groups is 1. The van der Waals surface area contributed by atoms with Crippen LogP contribution >= 0.6 is 0 Å². The van der Waals surface area contributed by atoms with Crippen molar-refractivity contribution in [3.05, 3.63) is 50.7 Å². The van der Waals surface area contributed by atoms with Gasteiger partial charge in [0.1, 0.15) is 10.5 Å². The van der Waals surface area contributed by atoms with Crippen LogP contribution in [0.3, 0.4) is 0 Å². The summed E-state index contributed by atoms with van der Waals surface area (Å²) < 4.78 is 27.7. The molecule has 0 unspecified atom stereocenters. The van der Waals surface area contributed by atoms with Gasteiger partial charge in [0, 0.05) is 19.3 Å². The molecule has 28 heavy (non-hydrogen) atoms. The first-order valence-electron chi connectivity index (χ1n) is 8.97. The van der Waals surface area contributed by atoms with Crippen molar-refractivity contribution in [2.75, 3.05) is 7.05 Å². The molecular formula is C18H22N4O5S. The summed E-state index contributed by atoms with van der Waals surface area (Å²) in [6.45, 7) is 0. The molecule has 0 atom stereocenters. The Morgan fingerprint density at radius 2 is 1.82 bits per heavy atom. The summed E-state index contributed by atoms with van der Waals surface area (Å²) in [5.41, 5.74) is -1.82. The van der Waals surface area contributed by atoms with Gasteiger partial charge in [0.25, 0.3) is 5.56 Å². The Hall–Kier alpha value is -2.72. The quantitative estimate of drug-likeness (QED) is 0.646. The Labute approximate surface area is 161 Å². The van der Waals surface area contributed by atoms with E-state index in [1.807, 2.05) is 9.97 Å². The Bertz CT molecular complexity index is 1100. The van der Waals surface area contributed by atoms with Gasteiger partial charge in [0.2, 0.25) is 15.9 Å². The summed E-state index contributed by atoms with van der Waals surface area (Å²) in [7, 11) is -2.21. The summed E-state index contributed by atoms with van der Waals surface area (Å²) in [5.74, 6) is -0.642. The van der Waals surface area contributed by atoms with Gasteiger partial charge in [-0.3, -0.25) is 19.8 Å².